The van der Waals surface area contributed by atoms with E-state index in [0.717, 1.165) is 45.6 Å². The summed E-state index contributed by atoms with van der Waals surface area (Å²) in [4.78, 5) is 0. The third-order valence-electron chi connectivity index (χ3n) is 6.32. The molecule has 0 radical (unpaired) electrons. The SMILES string of the molecule is C/C=C(\C)COCC(C)COCC(C)CCCC(C)CCCC(C)COCC(C)CC. The fourth-order valence-corrected chi connectivity index (χ4v) is 3.55. The summed E-state index contributed by atoms with van der Waals surface area (Å²) in [5.74, 6) is 3.32. The van der Waals surface area contributed by atoms with Gasteiger partial charge in [-0.25, -0.2) is 0 Å². The van der Waals surface area contributed by atoms with Gasteiger partial charge in [-0.15, -0.1) is 0 Å². The molecular weight excluding hydrogens is 384 g/mol. The number of rotatable bonds is 21. The first kappa shape index (κ1) is 30.6. The van der Waals surface area contributed by atoms with Crippen molar-refractivity contribution >= 4 is 0 Å². The van der Waals surface area contributed by atoms with Gasteiger partial charge in [-0.1, -0.05) is 85.3 Å². The summed E-state index contributed by atoms with van der Waals surface area (Å²) >= 11 is 0. The molecule has 0 fully saturated rings. The van der Waals surface area contributed by atoms with E-state index in [1.54, 1.807) is 0 Å². The van der Waals surface area contributed by atoms with Crippen LogP contribution in [0.1, 0.15) is 100 Å². The van der Waals surface area contributed by atoms with Crippen LogP contribution in [0.5, 0.6) is 0 Å². The van der Waals surface area contributed by atoms with Gasteiger partial charge in [0.15, 0.2) is 0 Å². The molecule has 0 aromatic carbocycles. The number of hydrogen-bond donors (Lipinski definition) is 0. The molecule has 186 valence electrons. The molecule has 0 spiro atoms. The molecule has 0 aromatic rings. The molecule has 5 unspecified atom stereocenters. The van der Waals surface area contributed by atoms with Gasteiger partial charge >= 0.3 is 0 Å². The molecule has 3 heteroatoms. The van der Waals surface area contributed by atoms with E-state index in [4.69, 9.17) is 14.2 Å². The second-order valence-corrected chi connectivity index (χ2v) is 10.5. The molecule has 0 bridgehead atoms. The highest BCUT2D eigenvalue weighted by molar-refractivity contribution is 4.95. The smallest absolute Gasteiger partial charge is 0.0674 e. The van der Waals surface area contributed by atoms with E-state index in [1.807, 2.05) is 0 Å². The molecule has 0 aromatic heterocycles. The standard InChI is InChI=1S/C28H56O3/c1-9-23(3)17-29-19-26(6)15-11-13-25(5)14-12-16-27(7)20-31-22-28(8)21-30-18-24(4)10-2/h10,23,25-28H,9,11-22H2,1-8H3/b24-10+. The van der Waals surface area contributed by atoms with Gasteiger partial charge in [-0.3, -0.25) is 0 Å². The van der Waals surface area contributed by atoms with Crippen molar-refractivity contribution in [2.24, 2.45) is 29.6 Å². The predicted molar refractivity (Wildman–Crippen MR) is 136 cm³/mol. The Morgan fingerprint density at radius 3 is 1.52 bits per heavy atom. The zero-order valence-electron chi connectivity index (χ0n) is 22.4. The highest BCUT2D eigenvalue weighted by Gasteiger charge is 2.10. The van der Waals surface area contributed by atoms with Crippen molar-refractivity contribution in [1.29, 1.82) is 0 Å². The maximum atomic E-state index is 5.94. The Labute approximate surface area is 195 Å². The maximum Gasteiger partial charge on any atom is 0.0674 e. The van der Waals surface area contributed by atoms with Gasteiger partial charge in [-0.05, 0) is 50.4 Å². The summed E-state index contributed by atoms with van der Waals surface area (Å²) < 4.78 is 17.5. The maximum absolute atomic E-state index is 5.94. The Hall–Kier alpha value is -0.380. The second kappa shape index (κ2) is 20.2. The predicted octanol–water partition coefficient (Wildman–Crippen LogP) is 7.93. The van der Waals surface area contributed by atoms with Gasteiger partial charge in [-0.2, -0.15) is 0 Å². The quantitative estimate of drug-likeness (QED) is 0.170. The van der Waals surface area contributed by atoms with Crippen LogP contribution in [0.25, 0.3) is 0 Å². The molecule has 0 aliphatic rings. The Kier molecular flexibility index (Phi) is 20.0. The van der Waals surface area contributed by atoms with Crippen LogP contribution in [0.4, 0.5) is 0 Å². The average molecular weight is 441 g/mol. The topological polar surface area (TPSA) is 27.7 Å². The molecule has 31 heavy (non-hydrogen) atoms. The normalized spacial score (nSPS) is 17.4. The van der Waals surface area contributed by atoms with Crippen LogP contribution in [-0.4, -0.2) is 39.6 Å². The lowest BCUT2D eigenvalue weighted by Crippen LogP contribution is -2.16. The van der Waals surface area contributed by atoms with Crippen molar-refractivity contribution in [3.05, 3.63) is 11.6 Å². The molecule has 0 aliphatic carbocycles. The third kappa shape index (κ3) is 20.0. The van der Waals surface area contributed by atoms with Crippen LogP contribution >= 0.6 is 0 Å². The highest BCUT2D eigenvalue weighted by Crippen LogP contribution is 2.20. The van der Waals surface area contributed by atoms with Gasteiger partial charge in [0.1, 0.15) is 0 Å². The zero-order valence-corrected chi connectivity index (χ0v) is 22.4. The van der Waals surface area contributed by atoms with Crippen molar-refractivity contribution < 1.29 is 14.2 Å². The van der Waals surface area contributed by atoms with Gasteiger partial charge in [0, 0.05) is 25.7 Å². The van der Waals surface area contributed by atoms with Gasteiger partial charge in [0.2, 0.25) is 0 Å². The zero-order chi connectivity index (χ0) is 23.5. The Morgan fingerprint density at radius 2 is 1.03 bits per heavy atom. The molecule has 5 atom stereocenters. The van der Waals surface area contributed by atoms with Crippen LogP contribution in [0, 0.1) is 29.6 Å². The van der Waals surface area contributed by atoms with E-state index in [2.05, 4.69) is 61.5 Å². The molecule has 0 saturated carbocycles. The summed E-state index contributed by atoms with van der Waals surface area (Å²) in [5, 5.41) is 0. The molecule has 0 heterocycles. The lowest BCUT2D eigenvalue weighted by molar-refractivity contribution is 0.0390. The summed E-state index contributed by atoms with van der Waals surface area (Å²) in [5.41, 5.74) is 1.29. The van der Waals surface area contributed by atoms with Crippen molar-refractivity contribution in [3.8, 4) is 0 Å². The fourth-order valence-electron chi connectivity index (χ4n) is 3.55. The molecule has 0 aliphatic heterocycles. The van der Waals surface area contributed by atoms with Gasteiger partial charge in [0.25, 0.3) is 0 Å². The lowest BCUT2D eigenvalue weighted by atomic mass is 9.93. The molecule has 0 N–H and O–H groups in total. The number of hydrogen-bond acceptors (Lipinski definition) is 3. The Morgan fingerprint density at radius 1 is 0.613 bits per heavy atom. The highest BCUT2D eigenvalue weighted by atomic mass is 16.5. The third-order valence-corrected chi connectivity index (χ3v) is 6.32. The van der Waals surface area contributed by atoms with Crippen molar-refractivity contribution in [2.45, 2.75) is 100 Å². The first-order valence-electron chi connectivity index (χ1n) is 13.1. The first-order chi connectivity index (χ1) is 14.8. The molecular formula is C28H56O3. The van der Waals surface area contributed by atoms with Crippen molar-refractivity contribution in [3.63, 3.8) is 0 Å². The largest absolute Gasteiger partial charge is 0.381 e. The minimum Gasteiger partial charge on any atom is -0.381 e. The van der Waals surface area contributed by atoms with Crippen LogP contribution in [0.2, 0.25) is 0 Å². The summed E-state index contributed by atoms with van der Waals surface area (Å²) in [6, 6.07) is 0. The summed E-state index contributed by atoms with van der Waals surface area (Å²) in [6.45, 7) is 23.0. The monoisotopic (exact) mass is 440 g/mol. The van der Waals surface area contributed by atoms with Crippen LogP contribution < -0.4 is 0 Å². The van der Waals surface area contributed by atoms with E-state index >= 15 is 0 Å². The Bertz CT molecular complexity index is 420. The molecule has 3 nitrogen and oxygen atoms in total. The van der Waals surface area contributed by atoms with E-state index < -0.39 is 0 Å². The number of allylic oxidation sites excluding steroid dienone is 1. The van der Waals surface area contributed by atoms with Crippen LogP contribution in [-0.2, 0) is 14.2 Å². The minimum absolute atomic E-state index is 0.458. The molecule has 0 amide bonds. The van der Waals surface area contributed by atoms with Crippen molar-refractivity contribution in [1.82, 2.24) is 0 Å². The second-order valence-electron chi connectivity index (χ2n) is 10.5. The first-order valence-corrected chi connectivity index (χ1v) is 13.1. The number of ether oxygens (including phenoxy) is 3. The van der Waals surface area contributed by atoms with Crippen molar-refractivity contribution in [2.75, 3.05) is 39.6 Å². The average Bonchev–Trinajstić information content (AvgIpc) is 2.73. The van der Waals surface area contributed by atoms with E-state index in [1.165, 1.54) is 50.5 Å². The Balaban J connectivity index is 3.62. The van der Waals surface area contributed by atoms with Gasteiger partial charge in [0.05, 0.1) is 19.8 Å². The van der Waals surface area contributed by atoms with E-state index in [-0.39, 0.29) is 0 Å². The molecule has 0 saturated heterocycles. The lowest BCUT2D eigenvalue weighted by Gasteiger charge is -2.18. The summed E-state index contributed by atoms with van der Waals surface area (Å²) in [6.07, 6.45) is 11.2. The summed E-state index contributed by atoms with van der Waals surface area (Å²) in [7, 11) is 0. The fraction of sp³-hybridized carbons (Fsp3) is 0.929. The van der Waals surface area contributed by atoms with Gasteiger partial charge < -0.3 is 14.2 Å². The van der Waals surface area contributed by atoms with Crippen LogP contribution in [0.3, 0.4) is 0 Å². The van der Waals surface area contributed by atoms with E-state index in [0.29, 0.717) is 23.7 Å². The molecule has 0 rings (SSSR count). The van der Waals surface area contributed by atoms with Crippen LogP contribution in [0.15, 0.2) is 11.6 Å². The minimum atomic E-state index is 0.458. The van der Waals surface area contributed by atoms with E-state index in [9.17, 15) is 0 Å².